The number of hydrogen-bond acceptors (Lipinski definition) is 2. The topological polar surface area (TPSA) is 26.3 Å². The van der Waals surface area contributed by atoms with E-state index >= 15 is 0 Å². The van der Waals surface area contributed by atoms with Gasteiger partial charge in [-0.05, 0) is 30.2 Å². The number of hydrogen-bond donors (Lipinski definition) is 0. The molecule has 0 amide bonds. The summed E-state index contributed by atoms with van der Waals surface area (Å²) in [5.41, 5.74) is -0.426. The van der Waals surface area contributed by atoms with E-state index in [0.717, 1.165) is 43.9 Å². The second-order valence-electron chi connectivity index (χ2n) is 4.68. The number of carbonyl (C=O) groups is 1. The number of esters is 1. The second kappa shape index (κ2) is 8.49. The zero-order chi connectivity index (χ0) is 15.7. The number of alkyl halides is 3. The molecule has 5 heteroatoms. The van der Waals surface area contributed by atoms with Crippen molar-refractivity contribution in [2.45, 2.75) is 38.8 Å². The maximum absolute atomic E-state index is 12.5. The molecule has 0 bridgehead atoms. The van der Waals surface area contributed by atoms with Crippen LogP contribution in [0, 0.1) is 0 Å². The first kappa shape index (κ1) is 17.3. The summed E-state index contributed by atoms with van der Waals surface area (Å²) in [7, 11) is 0. The van der Waals surface area contributed by atoms with Crippen LogP contribution in [0.4, 0.5) is 13.2 Å². The van der Waals surface area contributed by atoms with Gasteiger partial charge in [-0.25, -0.2) is 4.79 Å². The van der Waals surface area contributed by atoms with Gasteiger partial charge in [0.25, 0.3) is 0 Å². The van der Waals surface area contributed by atoms with E-state index in [4.69, 9.17) is 4.74 Å². The Labute approximate surface area is 122 Å². The van der Waals surface area contributed by atoms with Gasteiger partial charge in [-0.2, -0.15) is 13.2 Å². The first-order valence-electron chi connectivity index (χ1n) is 6.95. The van der Waals surface area contributed by atoms with Crippen LogP contribution in [0.5, 0.6) is 0 Å². The molecule has 0 aromatic heterocycles. The molecule has 0 fully saturated rings. The molecular formula is C16H19F3O2. The first-order valence-corrected chi connectivity index (χ1v) is 6.95. The summed E-state index contributed by atoms with van der Waals surface area (Å²) in [6.07, 6.45) is 2.09. The van der Waals surface area contributed by atoms with Crippen LogP contribution in [0.15, 0.2) is 30.3 Å². The molecule has 0 aliphatic heterocycles. The van der Waals surface area contributed by atoms with Crippen molar-refractivity contribution in [3.8, 4) is 0 Å². The zero-order valence-electron chi connectivity index (χ0n) is 12.0. The van der Waals surface area contributed by atoms with Crippen LogP contribution in [0.25, 0.3) is 6.08 Å². The van der Waals surface area contributed by atoms with Crippen LogP contribution < -0.4 is 0 Å². The Hall–Kier alpha value is -1.78. The quantitative estimate of drug-likeness (QED) is 0.409. The molecule has 1 aromatic carbocycles. The number of carbonyl (C=O) groups excluding carboxylic acids is 1. The van der Waals surface area contributed by atoms with Crippen LogP contribution in [-0.2, 0) is 15.7 Å². The molecule has 0 spiro atoms. The van der Waals surface area contributed by atoms with E-state index in [-0.39, 0.29) is 0 Å². The van der Waals surface area contributed by atoms with Crippen molar-refractivity contribution in [1.82, 2.24) is 0 Å². The fraction of sp³-hybridized carbons (Fsp3) is 0.438. The molecule has 2 nitrogen and oxygen atoms in total. The van der Waals surface area contributed by atoms with Crippen molar-refractivity contribution in [3.63, 3.8) is 0 Å². The molecule has 0 heterocycles. The average molecular weight is 300 g/mol. The van der Waals surface area contributed by atoms with Crippen LogP contribution >= 0.6 is 0 Å². The Bertz CT molecular complexity index is 479. The van der Waals surface area contributed by atoms with E-state index in [2.05, 4.69) is 6.92 Å². The first-order chi connectivity index (χ1) is 9.93. The van der Waals surface area contributed by atoms with Gasteiger partial charge in [0.05, 0.1) is 12.2 Å². The molecule has 0 unspecified atom stereocenters. The smallest absolute Gasteiger partial charge is 0.416 e. The number of halogens is 3. The van der Waals surface area contributed by atoms with Gasteiger partial charge in [0.15, 0.2) is 0 Å². The maximum Gasteiger partial charge on any atom is 0.416 e. The van der Waals surface area contributed by atoms with E-state index < -0.39 is 17.7 Å². The van der Waals surface area contributed by atoms with Gasteiger partial charge in [-0.3, -0.25) is 0 Å². The van der Waals surface area contributed by atoms with Crippen molar-refractivity contribution in [2.24, 2.45) is 0 Å². The Morgan fingerprint density at radius 2 is 2.00 bits per heavy atom. The van der Waals surface area contributed by atoms with Gasteiger partial charge in [-0.15, -0.1) is 0 Å². The summed E-state index contributed by atoms with van der Waals surface area (Å²) in [6, 6.07) is 4.78. The number of ether oxygens (including phenoxy) is 1. The average Bonchev–Trinajstić information content (AvgIpc) is 2.44. The predicted molar refractivity (Wildman–Crippen MR) is 75.6 cm³/mol. The number of rotatable bonds is 7. The third-order valence-electron chi connectivity index (χ3n) is 2.87. The van der Waals surface area contributed by atoms with E-state index in [1.165, 1.54) is 18.2 Å². The molecule has 116 valence electrons. The van der Waals surface area contributed by atoms with Gasteiger partial charge in [-0.1, -0.05) is 38.3 Å². The van der Waals surface area contributed by atoms with Crippen LogP contribution in [-0.4, -0.2) is 12.6 Å². The molecule has 0 radical (unpaired) electrons. The van der Waals surface area contributed by atoms with Crippen molar-refractivity contribution in [3.05, 3.63) is 41.5 Å². The fourth-order valence-corrected chi connectivity index (χ4v) is 1.73. The number of benzene rings is 1. The molecule has 0 saturated carbocycles. The summed E-state index contributed by atoms with van der Waals surface area (Å²) in [5, 5.41) is 0. The highest BCUT2D eigenvalue weighted by Gasteiger charge is 2.30. The van der Waals surface area contributed by atoms with E-state index in [0.29, 0.717) is 12.2 Å². The highest BCUT2D eigenvalue weighted by Crippen LogP contribution is 2.29. The third-order valence-corrected chi connectivity index (χ3v) is 2.87. The standard InChI is InChI=1S/C16H19F3O2/c1-2-3-4-5-11-21-15(20)10-9-13-7-6-8-14(12-13)16(17,18)19/h6-10,12H,2-5,11H2,1H3/b10-9+. The highest BCUT2D eigenvalue weighted by atomic mass is 19.4. The second-order valence-corrected chi connectivity index (χ2v) is 4.68. The molecule has 1 aromatic rings. The van der Waals surface area contributed by atoms with Crippen LogP contribution in [0.1, 0.15) is 43.7 Å². The zero-order valence-corrected chi connectivity index (χ0v) is 12.0. The minimum Gasteiger partial charge on any atom is -0.463 e. The van der Waals surface area contributed by atoms with Crippen LogP contribution in [0.2, 0.25) is 0 Å². The molecule has 21 heavy (non-hydrogen) atoms. The van der Waals surface area contributed by atoms with Crippen LogP contribution in [0.3, 0.4) is 0 Å². The minimum absolute atomic E-state index is 0.313. The molecule has 0 N–H and O–H groups in total. The summed E-state index contributed by atoms with van der Waals surface area (Å²) in [4.78, 5) is 11.4. The Morgan fingerprint density at radius 1 is 1.24 bits per heavy atom. The lowest BCUT2D eigenvalue weighted by Crippen LogP contribution is -2.04. The minimum atomic E-state index is -4.39. The van der Waals surface area contributed by atoms with Crippen molar-refractivity contribution < 1.29 is 22.7 Å². The lowest BCUT2D eigenvalue weighted by molar-refractivity contribution is -0.138. The Balaban J connectivity index is 2.47. The SMILES string of the molecule is CCCCCCOC(=O)/C=C/c1cccc(C(F)(F)F)c1. The van der Waals surface area contributed by atoms with Crippen molar-refractivity contribution in [1.29, 1.82) is 0 Å². The van der Waals surface area contributed by atoms with E-state index in [1.807, 2.05) is 0 Å². The lowest BCUT2D eigenvalue weighted by atomic mass is 10.1. The van der Waals surface area contributed by atoms with E-state index in [1.54, 1.807) is 0 Å². The van der Waals surface area contributed by atoms with Gasteiger partial charge in [0.2, 0.25) is 0 Å². The van der Waals surface area contributed by atoms with Crippen molar-refractivity contribution >= 4 is 12.0 Å². The third kappa shape index (κ3) is 6.97. The number of unbranched alkanes of at least 4 members (excludes halogenated alkanes) is 3. The molecule has 0 aliphatic rings. The molecule has 0 atom stereocenters. The summed E-state index contributed by atoms with van der Waals surface area (Å²) in [6.45, 7) is 2.43. The van der Waals surface area contributed by atoms with Crippen molar-refractivity contribution in [2.75, 3.05) is 6.61 Å². The Morgan fingerprint density at radius 3 is 2.67 bits per heavy atom. The largest absolute Gasteiger partial charge is 0.463 e. The summed E-state index contributed by atoms with van der Waals surface area (Å²) >= 11 is 0. The predicted octanol–water partition coefficient (Wildman–Crippen LogP) is 4.84. The lowest BCUT2D eigenvalue weighted by Gasteiger charge is -2.06. The normalized spacial score (nSPS) is 11.8. The van der Waals surface area contributed by atoms with Gasteiger partial charge in [0, 0.05) is 6.08 Å². The fourth-order valence-electron chi connectivity index (χ4n) is 1.73. The van der Waals surface area contributed by atoms with Gasteiger partial charge >= 0.3 is 12.1 Å². The molecule has 0 aliphatic carbocycles. The van der Waals surface area contributed by atoms with Gasteiger partial charge in [0.1, 0.15) is 0 Å². The summed E-state index contributed by atoms with van der Waals surface area (Å²) < 4.78 is 42.5. The highest BCUT2D eigenvalue weighted by molar-refractivity contribution is 5.87. The molecule has 1 rings (SSSR count). The molecule has 0 saturated heterocycles. The monoisotopic (exact) mass is 300 g/mol. The maximum atomic E-state index is 12.5. The molecular weight excluding hydrogens is 281 g/mol. The van der Waals surface area contributed by atoms with Gasteiger partial charge < -0.3 is 4.74 Å². The van der Waals surface area contributed by atoms with E-state index in [9.17, 15) is 18.0 Å². The summed E-state index contributed by atoms with van der Waals surface area (Å²) in [5.74, 6) is -0.538. The Kier molecular flexibility index (Phi) is 6.99.